The molecule has 0 saturated carbocycles. The average molecular weight is 314 g/mol. The molecule has 1 amide bonds. The lowest BCUT2D eigenvalue weighted by molar-refractivity contribution is -0.127. The summed E-state index contributed by atoms with van der Waals surface area (Å²) >= 11 is 0. The summed E-state index contributed by atoms with van der Waals surface area (Å²) in [4.78, 5) is 17.5. The Morgan fingerprint density at radius 2 is 1.77 bits per heavy atom. The third kappa shape index (κ3) is 12.4. The quantitative estimate of drug-likeness (QED) is 0.363. The summed E-state index contributed by atoms with van der Waals surface area (Å²) in [6, 6.07) is 0. The summed E-state index contributed by atoms with van der Waals surface area (Å²) in [5.74, 6) is 1.82. The van der Waals surface area contributed by atoms with E-state index in [2.05, 4.69) is 43.3 Å². The Labute approximate surface area is 135 Å². The van der Waals surface area contributed by atoms with Crippen LogP contribution in [0.15, 0.2) is 4.99 Å². The summed E-state index contributed by atoms with van der Waals surface area (Å²) in [6.45, 7) is 11.7. The SMILES string of the molecule is CC(C)CCOCCNC(=NCC(=O)N(C)C)NCC(C)C. The molecule has 0 aromatic heterocycles. The Balaban J connectivity index is 4.12. The molecule has 0 aliphatic carbocycles. The summed E-state index contributed by atoms with van der Waals surface area (Å²) in [6.07, 6.45) is 1.07. The van der Waals surface area contributed by atoms with E-state index in [1.165, 1.54) is 0 Å². The normalized spacial score (nSPS) is 11.9. The van der Waals surface area contributed by atoms with Gasteiger partial charge < -0.3 is 20.3 Å². The number of ether oxygens (including phenoxy) is 1. The van der Waals surface area contributed by atoms with Crippen LogP contribution in [0.25, 0.3) is 0 Å². The average Bonchev–Trinajstić information content (AvgIpc) is 2.43. The Morgan fingerprint density at radius 1 is 1.09 bits per heavy atom. The number of carbonyl (C=O) groups is 1. The van der Waals surface area contributed by atoms with Gasteiger partial charge in [-0.2, -0.15) is 0 Å². The molecule has 130 valence electrons. The minimum atomic E-state index is -0.0150. The van der Waals surface area contributed by atoms with Crippen molar-refractivity contribution in [1.29, 1.82) is 0 Å². The van der Waals surface area contributed by atoms with Gasteiger partial charge in [0.2, 0.25) is 5.91 Å². The lowest BCUT2D eigenvalue weighted by Gasteiger charge is -2.15. The van der Waals surface area contributed by atoms with Crippen molar-refractivity contribution >= 4 is 11.9 Å². The standard InChI is InChI=1S/C16H34N4O2/c1-13(2)7-9-22-10-8-17-16(18-11-14(3)4)19-12-15(21)20(5)6/h13-14H,7-12H2,1-6H3,(H2,17,18,19). The molecule has 0 rings (SSSR count). The molecule has 0 heterocycles. The number of rotatable bonds is 10. The molecule has 0 bridgehead atoms. The first kappa shape index (κ1) is 20.7. The molecule has 0 aromatic carbocycles. The maximum absolute atomic E-state index is 11.6. The second-order valence-electron chi connectivity index (χ2n) is 6.45. The number of aliphatic imine (C=N–C) groups is 1. The van der Waals surface area contributed by atoms with Crippen LogP contribution >= 0.6 is 0 Å². The number of likely N-dealkylation sites (N-methyl/N-ethyl adjacent to an activating group) is 1. The molecule has 0 fully saturated rings. The molecule has 0 unspecified atom stereocenters. The van der Waals surface area contributed by atoms with Crippen LogP contribution in [-0.2, 0) is 9.53 Å². The molecule has 0 aliphatic heterocycles. The summed E-state index contributed by atoms with van der Waals surface area (Å²) in [5, 5.41) is 6.44. The molecule has 0 spiro atoms. The van der Waals surface area contributed by atoms with Crippen molar-refractivity contribution in [3.63, 3.8) is 0 Å². The lowest BCUT2D eigenvalue weighted by atomic mass is 10.1. The molecule has 0 aromatic rings. The fourth-order valence-electron chi connectivity index (χ4n) is 1.43. The monoisotopic (exact) mass is 314 g/mol. The first-order valence-corrected chi connectivity index (χ1v) is 8.13. The van der Waals surface area contributed by atoms with Gasteiger partial charge in [0, 0.05) is 33.8 Å². The van der Waals surface area contributed by atoms with Gasteiger partial charge in [-0.25, -0.2) is 4.99 Å². The van der Waals surface area contributed by atoms with E-state index in [9.17, 15) is 4.79 Å². The third-order valence-electron chi connectivity index (χ3n) is 2.93. The van der Waals surface area contributed by atoms with Crippen LogP contribution in [0.5, 0.6) is 0 Å². The van der Waals surface area contributed by atoms with Gasteiger partial charge >= 0.3 is 0 Å². The van der Waals surface area contributed by atoms with Crippen LogP contribution in [0, 0.1) is 11.8 Å². The van der Waals surface area contributed by atoms with E-state index in [1.807, 2.05) is 0 Å². The molecular weight excluding hydrogens is 280 g/mol. The molecule has 22 heavy (non-hydrogen) atoms. The first-order chi connectivity index (χ1) is 10.3. The number of hydrogen-bond donors (Lipinski definition) is 2. The van der Waals surface area contributed by atoms with Crippen LogP contribution in [0.1, 0.15) is 34.1 Å². The number of nitrogens with zero attached hydrogens (tertiary/aromatic N) is 2. The predicted molar refractivity (Wildman–Crippen MR) is 92.1 cm³/mol. The summed E-state index contributed by atoms with van der Waals surface area (Å²) in [7, 11) is 3.46. The highest BCUT2D eigenvalue weighted by Crippen LogP contribution is 1.98. The number of amides is 1. The van der Waals surface area contributed by atoms with E-state index in [0.717, 1.165) is 19.6 Å². The van der Waals surface area contributed by atoms with Crippen molar-refractivity contribution < 1.29 is 9.53 Å². The summed E-state index contributed by atoms with van der Waals surface area (Å²) < 4.78 is 5.56. The maximum Gasteiger partial charge on any atom is 0.243 e. The number of carbonyl (C=O) groups excluding carboxylic acids is 1. The van der Waals surface area contributed by atoms with Crippen molar-refractivity contribution in [2.75, 3.05) is 46.9 Å². The fraction of sp³-hybridized carbons (Fsp3) is 0.875. The molecular formula is C16H34N4O2. The van der Waals surface area contributed by atoms with Crippen molar-refractivity contribution in [2.24, 2.45) is 16.8 Å². The van der Waals surface area contributed by atoms with Crippen LogP contribution < -0.4 is 10.6 Å². The Hall–Kier alpha value is -1.30. The van der Waals surface area contributed by atoms with Gasteiger partial charge in [-0.3, -0.25) is 4.79 Å². The second-order valence-corrected chi connectivity index (χ2v) is 6.45. The van der Waals surface area contributed by atoms with Crippen molar-refractivity contribution in [1.82, 2.24) is 15.5 Å². The zero-order valence-electron chi connectivity index (χ0n) is 15.1. The Kier molecular flexibility index (Phi) is 11.5. The molecule has 0 atom stereocenters. The second kappa shape index (κ2) is 12.3. The van der Waals surface area contributed by atoms with Crippen LogP contribution in [0.2, 0.25) is 0 Å². The molecule has 0 radical (unpaired) electrons. The highest BCUT2D eigenvalue weighted by molar-refractivity contribution is 5.84. The van der Waals surface area contributed by atoms with E-state index in [-0.39, 0.29) is 12.5 Å². The minimum Gasteiger partial charge on any atom is -0.380 e. The van der Waals surface area contributed by atoms with Gasteiger partial charge in [-0.15, -0.1) is 0 Å². The van der Waals surface area contributed by atoms with E-state index in [4.69, 9.17) is 4.74 Å². The number of guanidine groups is 1. The molecule has 6 nitrogen and oxygen atoms in total. The predicted octanol–water partition coefficient (Wildman–Crippen LogP) is 1.33. The molecule has 2 N–H and O–H groups in total. The van der Waals surface area contributed by atoms with Gasteiger partial charge in [0.15, 0.2) is 5.96 Å². The zero-order valence-corrected chi connectivity index (χ0v) is 15.1. The van der Waals surface area contributed by atoms with Gasteiger partial charge in [-0.1, -0.05) is 27.7 Å². The lowest BCUT2D eigenvalue weighted by Crippen LogP contribution is -2.41. The minimum absolute atomic E-state index is 0.0150. The molecule has 0 aliphatic rings. The highest BCUT2D eigenvalue weighted by atomic mass is 16.5. The number of hydrogen-bond acceptors (Lipinski definition) is 3. The Morgan fingerprint density at radius 3 is 2.32 bits per heavy atom. The van der Waals surface area contributed by atoms with Gasteiger partial charge in [0.1, 0.15) is 6.54 Å². The van der Waals surface area contributed by atoms with E-state index >= 15 is 0 Å². The molecule has 6 heteroatoms. The highest BCUT2D eigenvalue weighted by Gasteiger charge is 2.05. The van der Waals surface area contributed by atoms with E-state index < -0.39 is 0 Å². The topological polar surface area (TPSA) is 66.0 Å². The maximum atomic E-state index is 11.6. The largest absolute Gasteiger partial charge is 0.380 e. The summed E-state index contributed by atoms with van der Waals surface area (Å²) in [5.41, 5.74) is 0. The van der Waals surface area contributed by atoms with E-state index in [0.29, 0.717) is 30.9 Å². The third-order valence-corrected chi connectivity index (χ3v) is 2.93. The van der Waals surface area contributed by atoms with Crippen molar-refractivity contribution in [3.05, 3.63) is 0 Å². The van der Waals surface area contributed by atoms with Gasteiger partial charge in [-0.05, 0) is 18.3 Å². The van der Waals surface area contributed by atoms with Crippen molar-refractivity contribution in [3.8, 4) is 0 Å². The fourth-order valence-corrected chi connectivity index (χ4v) is 1.43. The smallest absolute Gasteiger partial charge is 0.243 e. The van der Waals surface area contributed by atoms with E-state index in [1.54, 1.807) is 19.0 Å². The Bertz CT molecular complexity index is 328. The van der Waals surface area contributed by atoms with Gasteiger partial charge in [0.25, 0.3) is 0 Å². The van der Waals surface area contributed by atoms with Gasteiger partial charge in [0.05, 0.1) is 6.61 Å². The first-order valence-electron chi connectivity index (χ1n) is 8.13. The van der Waals surface area contributed by atoms with Crippen LogP contribution in [0.4, 0.5) is 0 Å². The van der Waals surface area contributed by atoms with Crippen LogP contribution in [0.3, 0.4) is 0 Å². The molecule has 0 saturated heterocycles. The zero-order chi connectivity index (χ0) is 17.0. The number of nitrogens with one attached hydrogen (secondary N) is 2. The van der Waals surface area contributed by atoms with Crippen LogP contribution in [-0.4, -0.2) is 63.7 Å². The van der Waals surface area contributed by atoms with Crippen molar-refractivity contribution in [2.45, 2.75) is 34.1 Å².